The first kappa shape index (κ1) is 14.7. The Morgan fingerprint density at radius 2 is 2.24 bits per heavy atom. The van der Waals surface area contributed by atoms with Gasteiger partial charge in [0.15, 0.2) is 0 Å². The molecular formula is C13H20ClNOS. The van der Waals surface area contributed by atoms with Gasteiger partial charge in [-0.3, -0.25) is 4.21 Å². The van der Waals surface area contributed by atoms with Crippen molar-refractivity contribution < 1.29 is 4.21 Å². The first-order chi connectivity index (χ1) is 8.17. The van der Waals surface area contributed by atoms with Crippen molar-refractivity contribution in [3.63, 3.8) is 0 Å². The molecule has 0 radical (unpaired) electrons. The number of hydrogen-bond acceptors (Lipinski definition) is 2. The zero-order chi connectivity index (χ0) is 12.7. The van der Waals surface area contributed by atoms with Crippen LogP contribution in [0.15, 0.2) is 29.2 Å². The summed E-state index contributed by atoms with van der Waals surface area (Å²) in [5, 5.41) is 3.90. The molecule has 1 rings (SSSR count). The fraction of sp³-hybridized carbons (Fsp3) is 0.538. The molecule has 0 saturated heterocycles. The summed E-state index contributed by atoms with van der Waals surface area (Å²) in [6.07, 6.45) is 3.15. The van der Waals surface area contributed by atoms with Gasteiger partial charge in [0.05, 0.1) is 10.8 Å². The molecule has 96 valence electrons. The van der Waals surface area contributed by atoms with E-state index in [1.165, 1.54) is 0 Å². The Morgan fingerprint density at radius 3 is 2.82 bits per heavy atom. The van der Waals surface area contributed by atoms with Crippen LogP contribution in [-0.4, -0.2) is 23.1 Å². The third kappa shape index (κ3) is 5.19. The highest BCUT2D eigenvalue weighted by Crippen LogP contribution is 2.15. The molecule has 17 heavy (non-hydrogen) atoms. The van der Waals surface area contributed by atoms with Gasteiger partial charge in [-0.05, 0) is 44.5 Å². The molecule has 4 heteroatoms. The monoisotopic (exact) mass is 273 g/mol. The molecule has 0 amide bonds. The van der Waals surface area contributed by atoms with Crippen LogP contribution in [0.25, 0.3) is 0 Å². The third-order valence-electron chi connectivity index (χ3n) is 2.84. The van der Waals surface area contributed by atoms with Crippen molar-refractivity contribution in [1.29, 1.82) is 0 Å². The summed E-state index contributed by atoms with van der Waals surface area (Å²) in [7, 11) is 1.05. The zero-order valence-electron chi connectivity index (χ0n) is 10.4. The smallest absolute Gasteiger partial charge is 0.0530 e. The van der Waals surface area contributed by atoms with Gasteiger partial charge in [0.2, 0.25) is 0 Å². The van der Waals surface area contributed by atoms with E-state index in [0.29, 0.717) is 16.8 Å². The highest BCUT2D eigenvalue weighted by molar-refractivity contribution is 7.85. The fourth-order valence-corrected chi connectivity index (χ4v) is 3.15. The average molecular weight is 274 g/mol. The van der Waals surface area contributed by atoms with E-state index in [1.807, 2.05) is 19.2 Å². The average Bonchev–Trinajstić information content (AvgIpc) is 2.34. The van der Waals surface area contributed by atoms with Gasteiger partial charge in [0.25, 0.3) is 0 Å². The maximum atomic E-state index is 12.0. The van der Waals surface area contributed by atoms with E-state index in [0.717, 1.165) is 24.2 Å². The van der Waals surface area contributed by atoms with Crippen molar-refractivity contribution in [2.75, 3.05) is 12.8 Å². The Hall–Kier alpha value is -0.380. The van der Waals surface area contributed by atoms with E-state index >= 15 is 0 Å². The molecule has 0 heterocycles. The van der Waals surface area contributed by atoms with Gasteiger partial charge in [-0.2, -0.15) is 0 Å². The largest absolute Gasteiger partial charge is 0.317 e. The van der Waals surface area contributed by atoms with E-state index in [9.17, 15) is 4.21 Å². The Kier molecular flexibility index (Phi) is 6.78. The predicted molar refractivity (Wildman–Crippen MR) is 75.1 cm³/mol. The van der Waals surface area contributed by atoms with E-state index in [-0.39, 0.29) is 0 Å². The SMILES string of the molecule is CCC(CCCS(=O)c1cccc(Cl)c1)NC. The van der Waals surface area contributed by atoms with Crippen LogP contribution in [-0.2, 0) is 10.8 Å². The maximum Gasteiger partial charge on any atom is 0.0530 e. The first-order valence-corrected chi connectivity index (χ1v) is 7.68. The van der Waals surface area contributed by atoms with Crippen LogP contribution >= 0.6 is 11.6 Å². The molecule has 0 aliphatic heterocycles. The summed E-state index contributed by atoms with van der Waals surface area (Å²) in [4.78, 5) is 0.829. The summed E-state index contributed by atoms with van der Waals surface area (Å²) < 4.78 is 12.0. The molecule has 0 saturated carbocycles. The van der Waals surface area contributed by atoms with Gasteiger partial charge in [0, 0.05) is 21.7 Å². The zero-order valence-corrected chi connectivity index (χ0v) is 12.0. The van der Waals surface area contributed by atoms with Crippen molar-refractivity contribution >= 4 is 22.4 Å². The second-order valence-electron chi connectivity index (χ2n) is 4.04. The van der Waals surface area contributed by atoms with Crippen LogP contribution in [0.4, 0.5) is 0 Å². The fourth-order valence-electron chi connectivity index (χ4n) is 1.74. The molecule has 0 fully saturated rings. The molecule has 1 N–H and O–H groups in total. The van der Waals surface area contributed by atoms with E-state index < -0.39 is 10.8 Å². The molecule has 0 aliphatic rings. The van der Waals surface area contributed by atoms with Crippen molar-refractivity contribution in [2.24, 2.45) is 0 Å². The first-order valence-electron chi connectivity index (χ1n) is 5.98. The van der Waals surface area contributed by atoms with Gasteiger partial charge < -0.3 is 5.32 Å². The van der Waals surface area contributed by atoms with Crippen LogP contribution in [0.5, 0.6) is 0 Å². The highest BCUT2D eigenvalue weighted by Gasteiger charge is 2.07. The van der Waals surface area contributed by atoms with Gasteiger partial charge in [-0.25, -0.2) is 0 Å². The molecule has 1 aromatic carbocycles. The number of benzene rings is 1. The summed E-state index contributed by atoms with van der Waals surface area (Å²) in [5.74, 6) is 0.707. The predicted octanol–water partition coefficient (Wildman–Crippen LogP) is 3.23. The molecular weight excluding hydrogens is 254 g/mol. The Labute approximate surface area is 111 Å². The van der Waals surface area contributed by atoms with Gasteiger partial charge in [-0.15, -0.1) is 0 Å². The molecule has 1 aromatic rings. The van der Waals surface area contributed by atoms with E-state index in [4.69, 9.17) is 11.6 Å². The van der Waals surface area contributed by atoms with E-state index in [1.54, 1.807) is 12.1 Å². The number of rotatable bonds is 7. The van der Waals surface area contributed by atoms with Crippen LogP contribution in [0.3, 0.4) is 0 Å². The normalized spacial score (nSPS) is 14.5. The Balaban J connectivity index is 2.40. The Morgan fingerprint density at radius 1 is 1.47 bits per heavy atom. The summed E-state index contributed by atoms with van der Waals surface area (Å²) in [5.41, 5.74) is 0. The molecule has 2 nitrogen and oxygen atoms in total. The molecule has 0 bridgehead atoms. The maximum absolute atomic E-state index is 12.0. The number of hydrogen-bond donors (Lipinski definition) is 1. The van der Waals surface area contributed by atoms with Crippen LogP contribution in [0, 0.1) is 0 Å². The molecule has 0 aromatic heterocycles. The van der Waals surface area contributed by atoms with Crippen molar-refractivity contribution in [1.82, 2.24) is 5.32 Å². The summed E-state index contributed by atoms with van der Waals surface area (Å²) >= 11 is 5.87. The number of nitrogens with one attached hydrogen (secondary N) is 1. The van der Waals surface area contributed by atoms with Gasteiger partial charge >= 0.3 is 0 Å². The highest BCUT2D eigenvalue weighted by atomic mass is 35.5. The minimum Gasteiger partial charge on any atom is -0.317 e. The Bertz CT molecular complexity index is 366. The van der Waals surface area contributed by atoms with Crippen molar-refractivity contribution in [2.45, 2.75) is 37.1 Å². The quantitative estimate of drug-likeness (QED) is 0.826. The van der Waals surface area contributed by atoms with Crippen molar-refractivity contribution in [3.8, 4) is 0 Å². The van der Waals surface area contributed by atoms with Gasteiger partial charge in [-0.1, -0.05) is 24.6 Å². The summed E-state index contributed by atoms with van der Waals surface area (Å²) in [6.45, 7) is 2.16. The lowest BCUT2D eigenvalue weighted by atomic mass is 10.1. The molecule has 2 atom stereocenters. The molecule has 0 aliphatic carbocycles. The van der Waals surface area contributed by atoms with Crippen LogP contribution in [0.2, 0.25) is 5.02 Å². The van der Waals surface area contributed by atoms with E-state index in [2.05, 4.69) is 12.2 Å². The number of halogens is 1. The summed E-state index contributed by atoms with van der Waals surface area (Å²) in [6, 6.07) is 7.84. The standard InChI is InChI=1S/C13H20ClNOS/c1-3-12(15-2)7-5-9-17(16)13-8-4-6-11(14)10-13/h4,6,8,10,12,15H,3,5,7,9H2,1-2H3. The lowest BCUT2D eigenvalue weighted by molar-refractivity contribution is 0.503. The minimum atomic E-state index is -0.926. The van der Waals surface area contributed by atoms with Crippen LogP contribution < -0.4 is 5.32 Å². The second-order valence-corrected chi connectivity index (χ2v) is 6.05. The van der Waals surface area contributed by atoms with Gasteiger partial charge in [0.1, 0.15) is 0 Å². The lowest BCUT2D eigenvalue weighted by Crippen LogP contribution is -2.24. The molecule has 2 unspecified atom stereocenters. The van der Waals surface area contributed by atoms with Crippen LogP contribution in [0.1, 0.15) is 26.2 Å². The molecule has 0 spiro atoms. The third-order valence-corrected chi connectivity index (χ3v) is 4.52. The van der Waals surface area contributed by atoms with Crippen molar-refractivity contribution in [3.05, 3.63) is 29.3 Å². The second kappa shape index (κ2) is 7.85. The minimum absolute atomic E-state index is 0.534. The lowest BCUT2D eigenvalue weighted by Gasteiger charge is -2.12. The topological polar surface area (TPSA) is 29.1 Å².